The quantitative estimate of drug-likeness (QED) is 0.858. The van der Waals surface area contributed by atoms with E-state index in [1.165, 1.54) is 0 Å². The molecule has 0 spiro atoms. The zero-order valence-electron chi connectivity index (χ0n) is 10.1. The van der Waals surface area contributed by atoms with Gasteiger partial charge >= 0.3 is 0 Å². The van der Waals surface area contributed by atoms with Gasteiger partial charge in [-0.15, -0.1) is 0 Å². The zero-order valence-corrected chi connectivity index (χ0v) is 11.6. The summed E-state index contributed by atoms with van der Waals surface area (Å²) in [5, 5.41) is 6.01. The van der Waals surface area contributed by atoms with E-state index in [0.29, 0.717) is 10.8 Å². The molecule has 1 unspecified atom stereocenters. The van der Waals surface area contributed by atoms with Gasteiger partial charge in [0, 0.05) is 21.9 Å². The molecule has 0 fully saturated rings. The first kappa shape index (κ1) is 14.4. The highest BCUT2D eigenvalue weighted by atomic mass is 35.5. The lowest BCUT2D eigenvalue weighted by atomic mass is 10.1. The molecule has 0 aliphatic carbocycles. The predicted molar refractivity (Wildman–Crippen MR) is 73.4 cm³/mol. The minimum absolute atomic E-state index is 0.579. The minimum Gasteiger partial charge on any atom is -0.598 e. The summed E-state index contributed by atoms with van der Waals surface area (Å²) in [5.74, 6) is 0.673. The summed E-state index contributed by atoms with van der Waals surface area (Å²) >= 11 is 4.45. The second kappa shape index (κ2) is 5.78. The van der Waals surface area contributed by atoms with Crippen LogP contribution in [0, 0.1) is 0 Å². The first-order valence-electron chi connectivity index (χ1n) is 5.06. The van der Waals surface area contributed by atoms with Gasteiger partial charge < -0.3 is 9.29 Å². The number of ether oxygens (including phenoxy) is 1. The molecule has 1 rings (SSSR count). The monoisotopic (exact) mass is 273 g/mol. The molecule has 2 N–H and O–H groups in total. The number of hydrogen-bond donors (Lipinski definition) is 1. The Kier molecular flexibility index (Phi) is 4.89. The van der Waals surface area contributed by atoms with Crippen LogP contribution in [-0.4, -0.2) is 16.4 Å². The molecule has 0 saturated carbocycles. The summed E-state index contributed by atoms with van der Waals surface area (Å²) in [6.07, 6.45) is 3.63. The lowest BCUT2D eigenvalue weighted by Gasteiger charge is -2.20. The van der Waals surface area contributed by atoms with E-state index in [4.69, 9.17) is 21.5 Å². The smallest absolute Gasteiger partial charge is 0.157 e. The van der Waals surface area contributed by atoms with Gasteiger partial charge in [0.05, 0.1) is 7.11 Å². The Labute approximate surface area is 110 Å². The molecule has 0 aliphatic rings. The molecule has 0 aromatic heterocycles. The molecule has 0 amide bonds. The fourth-order valence-corrected chi connectivity index (χ4v) is 1.54. The maximum absolute atomic E-state index is 11.3. The van der Waals surface area contributed by atoms with Gasteiger partial charge in [-0.05, 0) is 44.2 Å². The largest absolute Gasteiger partial charge is 0.598 e. The van der Waals surface area contributed by atoms with E-state index in [1.54, 1.807) is 25.3 Å². The highest BCUT2D eigenvalue weighted by molar-refractivity contribution is 7.90. The number of methoxy groups -OCH3 is 1. The SMILES string of the molecule is COc1cc(Cl)ccc1C=CC(C)(C)[S+](N)[O-]. The van der Waals surface area contributed by atoms with Crippen LogP contribution in [0.15, 0.2) is 24.3 Å². The van der Waals surface area contributed by atoms with Crippen LogP contribution in [0.2, 0.25) is 5.02 Å². The number of hydrogen-bond acceptors (Lipinski definition) is 3. The molecule has 1 aromatic carbocycles. The summed E-state index contributed by atoms with van der Waals surface area (Å²) in [6.45, 7) is 3.62. The first-order chi connectivity index (χ1) is 7.86. The summed E-state index contributed by atoms with van der Waals surface area (Å²) in [6, 6.07) is 5.34. The Morgan fingerprint density at radius 2 is 2.12 bits per heavy atom. The van der Waals surface area contributed by atoms with Crippen LogP contribution in [0.25, 0.3) is 6.08 Å². The second-order valence-corrected chi connectivity index (χ2v) is 6.20. The van der Waals surface area contributed by atoms with Crippen LogP contribution in [0.5, 0.6) is 5.75 Å². The molecule has 0 saturated heterocycles. The van der Waals surface area contributed by atoms with Gasteiger partial charge in [-0.1, -0.05) is 11.6 Å². The molecule has 94 valence electrons. The van der Waals surface area contributed by atoms with Gasteiger partial charge in [-0.3, -0.25) is 0 Å². The summed E-state index contributed by atoms with van der Waals surface area (Å²) in [4.78, 5) is 0. The van der Waals surface area contributed by atoms with Crippen LogP contribution in [0.3, 0.4) is 0 Å². The molecule has 0 aliphatic heterocycles. The molecule has 0 radical (unpaired) electrons. The van der Waals surface area contributed by atoms with Crippen molar-refractivity contribution in [2.24, 2.45) is 5.14 Å². The van der Waals surface area contributed by atoms with Crippen molar-refractivity contribution in [2.75, 3.05) is 7.11 Å². The number of nitrogens with two attached hydrogens (primary N) is 1. The van der Waals surface area contributed by atoms with E-state index in [1.807, 2.05) is 26.0 Å². The summed E-state index contributed by atoms with van der Waals surface area (Å²) in [5.41, 5.74) is 0.871. The highest BCUT2D eigenvalue weighted by Crippen LogP contribution is 2.26. The Hall–Kier alpha value is -0.680. The normalized spacial score (nSPS) is 14.0. The summed E-state index contributed by atoms with van der Waals surface area (Å²) in [7, 11) is 1.58. The van der Waals surface area contributed by atoms with Crippen molar-refractivity contribution in [3.05, 3.63) is 34.9 Å². The second-order valence-electron chi connectivity index (χ2n) is 4.12. The molecule has 17 heavy (non-hydrogen) atoms. The molecule has 5 heteroatoms. The van der Waals surface area contributed by atoms with Gasteiger partial charge in [0.2, 0.25) is 0 Å². The van der Waals surface area contributed by atoms with Crippen LogP contribution in [-0.2, 0) is 11.4 Å². The number of halogens is 1. The van der Waals surface area contributed by atoms with E-state index in [0.717, 1.165) is 5.56 Å². The molecule has 0 heterocycles. The maximum atomic E-state index is 11.3. The van der Waals surface area contributed by atoms with E-state index in [2.05, 4.69) is 0 Å². The van der Waals surface area contributed by atoms with Crippen molar-refractivity contribution in [3.63, 3.8) is 0 Å². The van der Waals surface area contributed by atoms with Gasteiger partial charge in [0.15, 0.2) is 4.75 Å². The average molecular weight is 274 g/mol. The van der Waals surface area contributed by atoms with Crippen molar-refractivity contribution in [1.82, 2.24) is 0 Å². The zero-order chi connectivity index (χ0) is 13.1. The number of benzene rings is 1. The average Bonchev–Trinajstić information content (AvgIpc) is 2.27. The van der Waals surface area contributed by atoms with E-state index in [-0.39, 0.29) is 0 Å². The van der Waals surface area contributed by atoms with Gasteiger partial charge in [-0.25, -0.2) is 0 Å². The topological polar surface area (TPSA) is 58.3 Å². The van der Waals surface area contributed by atoms with Crippen molar-refractivity contribution < 1.29 is 9.29 Å². The van der Waals surface area contributed by atoms with Crippen LogP contribution < -0.4 is 9.88 Å². The van der Waals surface area contributed by atoms with Crippen LogP contribution in [0.4, 0.5) is 0 Å². The van der Waals surface area contributed by atoms with Gasteiger partial charge in [0.1, 0.15) is 5.75 Å². The Morgan fingerprint density at radius 3 is 2.65 bits per heavy atom. The molecule has 1 atom stereocenters. The van der Waals surface area contributed by atoms with Crippen LogP contribution >= 0.6 is 11.6 Å². The van der Waals surface area contributed by atoms with Crippen molar-refractivity contribution in [1.29, 1.82) is 0 Å². The van der Waals surface area contributed by atoms with Gasteiger partial charge in [0.25, 0.3) is 0 Å². The fraction of sp³-hybridized carbons (Fsp3) is 0.333. The van der Waals surface area contributed by atoms with Gasteiger partial charge in [-0.2, -0.15) is 5.14 Å². The lowest BCUT2D eigenvalue weighted by molar-refractivity contribution is 0.414. The standard InChI is InChI=1S/C12H16ClNO2S/c1-12(2,17(14)15)7-6-9-4-5-10(13)8-11(9)16-3/h4-8H,14H2,1-3H3. The molecule has 1 aromatic rings. The third kappa shape index (κ3) is 3.92. The molecule has 3 nitrogen and oxygen atoms in total. The highest BCUT2D eigenvalue weighted by Gasteiger charge is 2.26. The summed E-state index contributed by atoms with van der Waals surface area (Å²) < 4.78 is 15.9. The van der Waals surface area contributed by atoms with Crippen molar-refractivity contribution in [2.45, 2.75) is 18.6 Å². The Bertz CT molecular complexity index is 419. The lowest BCUT2D eigenvalue weighted by Crippen LogP contribution is -2.35. The van der Waals surface area contributed by atoms with Crippen LogP contribution in [0.1, 0.15) is 19.4 Å². The molecule has 0 bridgehead atoms. The van der Waals surface area contributed by atoms with Crippen molar-refractivity contribution in [3.8, 4) is 5.75 Å². The predicted octanol–water partition coefficient (Wildman–Crippen LogP) is 2.76. The van der Waals surface area contributed by atoms with Crippen molar-refractivity contribution >= 4 is 29.0 Å². The van der Waals surface area contributed by atoms with E-state index < -0.39 is 16.1 Å². The third-order valence-electron chi connectivity index (χ3n) is 2.38. The fourth-order valence-electron chi connectivity index (χ4n) is 1.18. The Balaban J connectivity index is 2.99. The molecular formula is C12H16ClNO2S. The maximum Gasteiger partial charge on any atom is 0.157 e. The number of rotatable bonds is 4. The Morgan fingerprint density at radius 1 is 1.47 bits per heavy atom. The third-order valence-corrected chi connectivity index (χ3v) is 3.79. The molecular weight excluding hydrogens is 258 g/mol. The minimum atomic E-state index is -1.42. The van der Waals surface area contributed by atoms with E-state index in [9.17, 15) is 4.55 Å². The first-order valence-corrected chi connectivity index (χ1v) is 6.65. The van der Waals surface area contributed by atoms with E-state index >= 15 is 0 Å².